The van der Waals surface area contributed by atoms with Crippen LogP contribution in [0.4, 0.5) is 4.39 Å². The van der Waals surface area contributed by atoms with E-state index in [1.54, 1.807) is 6.07 Å². The molecule has 0 amide bonds. The van der Waals surface area contributed by atoms with Crippen LogP contribution in [0.25, 0.3) is 0 Å². The first-order valence-corrected chi connectivity index (χ1v) is 8.09. The maximum atomic E-state index is 13.5. The molecule has 0 bridgehead atoms. The number of fused-ring (bicyclic) bond motifs is 1. The molecule has 0 aliphatic carbocycles. The second kappa shape index (κ2) is 6.21. The summed E-state index contributed by atoms with van der Waals surface area (Å²) in [6.07, 6.45) is -0.196. The Hall–Kier alpha value is -1.68. The van der Waals surface area contributed by atoms with Gasteiger partial charge in [-0.1, -0.05) is 53.2 Å². The fourth-order valence-electron chi connectivity index (χ4n) is 2.97. The van der Waals surface area contributed by atoms with Gasteiger partial charge in [-0.15, -0.1) is 0 Å². The zero-order chi connectivity index (χ0) is 15.7. The smallest absolute Gasteiger partial charge is 0.166 e. The van der Waals surface area contributed by atoms with Gasteiger partial charge in [0.05, 0.1) is 11.5 Å². The summed E-state index contributed by atoms with van der Waals surface area (Å²) in [6.45, 7) is 1.22. The lowest BCUT2D eigenvalue weighted by Gasteiger charge is -2.16. The number of hydrogen-bond donors (Lipinski definition) is 0. The normalized spacial score (nSPS) is 19.6. The van der Waals surface area contributed by atoms with Crippen LogP contribution >= 0.6 is 15.9 Å². The minimum absolute atomic E-state index is 0.00358. The Morgan fingerprint density at radius 3 is 2.64 bits per heavy atom. The standard InChI is InChI=1S/C18H16BrFO2/c1-2-15(21)13-8-12(19)9-14-17(11-6-4-3-5-7-11)16(10-20)22-18(13)14/h3-9,16-17H,2,10H2,1H3/t16-,17+/m1/s1. The van der Waals surface area contributed by atoms with Crippen molar-refractivity contribution in [3.63, 3.8) is 0 Å². The van der Waals surface area contributed by atoms with Crippen molar-refractivity contribution in [2.24, 2.45) is 0 Å². The van der Waals surface area contributed by atoms with Crippen molar-refractivity contribution in [3.05, 3.63) is 63.6 Å². The average Bonchev–Trinajstić information content (AvgIpc) is 2.92. The van der Waals surface area contributed by atoms with Crippen LogP contribution in [0.1, 0.15) is 40.7 Å². The number of Topliss-reactive ketones (excluding diaryl/α,β-unsaturated/α-hetero) is 1. The van der Waals surface area contributed by atoms with Crippen molar-refractivity contribution in [3.8, 4) is 5.75 Å². The van der Waals surface area contributed by atoms with E-state index in [1.807, 2.05) is 43.3 Å². The van der Waals surface area contributed by atoms with Crippen molar-refractivity contribution < 1.29 is 13.9 Å². The molecular weight excluding hydrogens is 347 g/mol. The van der Waals surface area contributed by atoms with E-state index in [2.05, 4.69) is 15.9 Å². The van der Waals surface area contributed by atoms with Crippen molar-refractivity contribution in [1.29, 1.82) is 0 Å². The molecule has 1 heterocycles. The summed E-state index contributed by atoms with van der Waals surface area (Å²) in [7, 11) is 0. The van der Waals surface area contributed by atoms with Crippen LogP contribution in [0.15, 0.2) is 46.9 Å². The highest BCUT2D eigenvalue weighted by molar-refractivity contribution is 9.10. The number of rotatable bonds is 4. The van der Waals surface area contributed by atoms with E-state index in [9.17, 15) is 9.18 Å². The Labute approximate surface area is 137 Å². The summed E-state index contributed by atoms with van der Waals surface area (Å²) >= 11 is 3.45. The summed E-state index contributed by atoms with van der Waals surface area (Å²) in [6, 6.07) is 13.4. The predicted molar refractivity (Wildman–Crippen MR) is 87.4 cm³/mol. The van der Waals surface area contributed by atoms with Crippen molar-refractivity contribution in [2.75, 3.05) is 6.67 Å². The van der Waals surface area contributed by atoms with E-state index in [-0.39, 0.29) is 11.7 Å². The van der Waals surface area contributed by atoms with Gasteiger partial charge in [0.1, 0.15) is 18.5 Å². The van der Waals surface area contributed by atoms with Crippen LogP contribution in [0.5, 0.6) is 5.75 Å². The number of benzene rings is 2. The topological polar surface area (TPSA) is 26.3 Å². The second-order valence-corrected chi connectivity index (χ2v) is 6.26. The van der Waals surface area contributed by atoms with E-state index in [4.69, 9.17) is 4.74 Å². The Morgan fingerprint density at radius 1 is 1.27 bits per heavy atom. The van der Waals surface area contributed by atoms with Gasteiger partial charge in [-0.05, 0) is 17.7 Å². The molecule has 1 aliphatic rings. The number of carbonyl (C=O) groups excluding carboxylic acids is 1. The van der Waals surface area contributed by atoms with E-state index >= 15 is 0 Å². The summed E-state index contributed by atoms with van der Waals surface area (Å²) in [5, 5.41) is 0. The lowest BCUT2D eigenvalue weighted by Crippen LogP contribution is -2.22. The van der Waals surface area contributed by atoms with Crippen molar-refractivity contribution in [1.82, 2.24) is 0 Å². The fraction of sp³-hybridized carbons (Fsp3) is 0.278. The Balaban J connectivity index is 2.16. The molecule has 2 aromatic carbocycles. The molecule has 4 heteroatoms. The van der Waals surface area contributed by atoms with Gasteiger partial charge in [0.2, 0.25) is 0 Å². The van der Waals surface area contributed by atoms with Crippen LogP contribution in [-0.4, -0.2) is 18.6 Å². The van der Waals surface area contributed by atoms with E-state index in [0.717, 1.165) is 15.6 Å². The SMILES string of the molecule is CCC(=O)c1cc(Br)cc2c1O[C@H](CF)[C@H]2c1ccccc1. The maximum absolute atomic E-state index is 13.5. The van der Waals surface area contributed by atoms with E-state index < -0.39 is 12.8 Å². The molecule has 0 saturated heterocycles. The zero-order valence-corrected chi connectivity index (χ0v) is 13.8. The number of ether oxygens (including phenoxy) is 1. The van der Waals surface area contributed by atoms with Gasteiger partial charge in [-0.25, -0.2) is 4.39 Å². The van der Waals surface area contributed by atoms with Crippen LogP contribution in [-0.2, 0) is 0 Å². The average molecular weight is 363 g/mol. The Morgan fingerprint density at radius 2 is 2.00 bits per heavy atom. The van der Waals surface area contributed by atoms with Crippen LogP contribution in [0.2, 0.25) is 0 Å². The molecular formula is C18H16BrFO2. The molecule has 2 nitrogen and oxygen atoms in total. The minimum atomic E-state index is -0.592. The maximum Gasteiger partial charge on any atom is 0.166 e. The van der Waals surface area contributed by atoms with E-state index in [0.29, 0.717) is 17.7 Å². The molecule has 0 radical (unpaired) electrons. The molecule has 0 N–H and O–H groups in total. The van der Waals surface area contributed by atoms with Gasteiger partial charge in [0, 0.05) is 16.5 Å². The Bertz CT molecular complexity index is 700. The van der Waals surface area contributed by atoms with Crippen LogP contribution in [0, 0.1) is 0 Å². The molecule has 22 heavy (non-hydrogen) atoms. The molecule has 0 aromatic heterocycles. The van der Waals surface area contributed by atoms with Crippen molar-refractivity contribution in [2.45, 2.75) is 25.4 Å². The molecule has 0 spiro atoms. The third-order valence-corrected chi connectivity index (χ3v) is 4.45. The van der Waals surface area contributed by atoms with Crippen molar-refractivity contribution >= 4 is 21.7 Å². The Kier molecular flexibility index (Phi) is 4.30. The molecule has 2 atom stereocenters. The summed E-state index contributed by atoms with van der Waals surface area (Å²) in [5.74, 6) is 0.345. The number of alkyl halides is 1. The number of halogens is 2. The quantitative estimate of drug-likeness (QED) is 0.722. The lowest BCUT2D eigenvalue weighted by atomic mass is 9.87. The van der Waals surface area contributed by atoms with Crippen LogP contribution in [0.3, 0.4) is 0 Å². The lowest BCUT2D eigenvalue weighted by molar-refractivity contribution is 0.0980. The van der Waals surface area contributed by atoms with Crippen LogP contribution < -0.4 is 4.74 Å². The van der Waals surface area contributed by atoms with E-state index in [1.165, 1.54) is 0 Å². The molecule has 2 aromatic rings. The van der Waals surface area contributed by atoms with Gasteiger partial charge >= 0.3 is 0 Å². The highest BCUT2D eigenvalue weighted by atomic mass is 79.9. The number of hydrogen-bond acceptors (Lipinski definition) is 2. The highest BCUT2D eigenvalue weighted by Crippen LogP contribution is 2.46. The molecule has 0 unspecified atom stereocenters. The summed E-state index contributed by atoms with van der Waals surface area (Å²) in [4.78, 5) is 12.2. The highest BCUT2D eigenvalue weighted by Gasteiger charge is 2.38. The van der Waals surface area contributed by atoms with Gasteiger partial charge in [-0.3, -0.25) is 4.79 Å². The third kappa shape index (κ3) is 2.56. The zero-order valence-electron chi connectivity index (χ0n) is 12.2. The second-order valence-electron chi connectivity index (χ2n) is 5.35. The molecule has 1 aliphatic heterocycles. The number of ketones is 1. The van der Waals surface area contributed by atoms with Gasteiger partial charge in [0.25, 0.3) is 0 Å². The summed E-state index contributed by atoms with van der Waals surface area (Å²) < 4.78 is 20.1. The fourth-order valence-corrected chi connectivity index (χ4v) is 3.45. The van der Waals surface area contributed by atoms with Gasteiger partial charge in [0.15, 0.2) is 5.78 Å². The molecule has 0 saturated carbocycles. The van der Waals surface area contributed by atoms with Gasteiger partial charge in [-0.2, -0.15) is 0 Å². The largest absolute Gasteiger partial charge is 0.486 e. The van der Waals surface area contributed by atoms with Gasteiger partial charge < -0.3 is 4.74 Å². The first-order chi connectivity index (χ1) is 10.7. The third-order valence-electron chi connectivity index (χ3n) is 3.99. The number of carbonyl (C=O) groups is 1. The first kappa shape index (κ1) is 15.2. The predicted octanol–water partition coefficient (Wildman–Crippen LogP) is 4.90. The summed E-state index contributed by atoms with van der Waals surface area (Å²) in [5.41, 5.74) is 2.40. The monoisotopic (exact) mass is 362 g/mol. The molecule has 0 fully saturated rings. The molecule has 3 rings (SSSR count). The minimum Gasteiger partial charge on any atom is -0.486 e. The first-order valence-electron chi connectivity index (χ1n) is 7.30. The molecule has 114 valence electrons.